The lowest BCUT2D eigenvalue weighted by Gasteiger charge is -2.16. The molecule has 0 fully saturated rings. The van der Waals surface area contributed by atoms with Gasteiger partial charge in [-0.15, -0.1) is 0 Å². The van der Waals surface area contributed by atoms with E-state index in [-0.39, 0.29) is 6.04 Å². The first-order valence-corrected chi connectivity index (χ1v) is 5.23. The molecular formula is C11H15BrN. The Morgan fingerprint density at radius 2 is 1.77 bits per heavy atom. The second-order valence-electron chi connectivity index (χ2n) is 3.34. The molecule has 0 aromatic heterocycles. The predicted molar refractivity (Wildman–Crippen MR) is 60.5 cm³/mol. The van der Waals surface area contributed by atoms with Gasteiger partial charge in [0.25, 0.3) is 0 Å². The van der Waals surface area contributed by atoms with E-state index in [1.54, 1.807) is 0 Å². The number of halogens is 1. The highest BCUT2D eigenvalue weighted by atomic mass is 79.9. The molecule has 0 heterocycles. The van der Waals surface area contributed by atoms with Gasteiger partial charge in [0.2, 0.25) is 0 Å². The summed E-state index contributed by atoms with van der Waals surface area (Å²) in [7, 11) is 0. The molecule has 2 atom stereocenters. The number of hydrogen-bond donors (Lipinski definition) is 1. The molecule has 1 rings (SSSR count). The largest absolute Gasteiger partial charge is 0.308 e. The third kappa shape index (κ3) is 3.49. The van der Waals surface area contributed by atoms with Crippen molar-refractivity contribution in [3.63, 3.8) is 0 Å². The Hall–Kier alpha value is -0.340. The van der Waals surface area contributed by atoms with E-state index in [0.717, 1.165) is 4.47 Å². The van der Waals surface area contributed by atoms with Gasteiger partial charge >= 0.3 is 0 Å². The van der Waals surface area contributed by atoms with Crippen LogP contribution in [0.25, 0.3) is 0 Å². The molecule has 1 aromatic rings. The first-order chi connectivity index (χ1) is 6.09. The fourth-order valence-corrected chi connectivity index (χ4v) is 1.54. The molecule has 0 amide bonds. The van der Waals surface area contributed by atoms with Crippen LogP contribution < -0.4 is 5.32 Å². The highest BCUT2D eigenvalue weighted by Gasteiger charge is 2.05. The molecule has 0 saturated carbocycles. The monoisotopic (exact) mass is 240 g/mol. The smallest absolute Gasteiger partial charge is 0.0294 e. The molecule has 0 aliphatic carbocycles. The van der Waals surface area contributed by atoms with Crippen molar-refractivity contribution >= 4 is 15.9 Å². The highest BCUT2D eigenvalue weighted by Crippen LogP contribution is 2.16. The summed E-state index contributed by atoms with van der Waals surface area (Å²) in [6, 6.07) is 8.98. The molecule has 0 aliphatic heterocycles. The molecule has 1 aromatic carbocycles. The highest BCUT2D eigenvalue weighted by molar-refractivity contribution is 9.10. The van der Waals surface area contributed by atoms with Crippen molar-refractivity contribution in [2.24, 2.45) is 0 Å². The summed E-state index contributed by atoms with van der Waals surface area (Å²) < 4.78 is 1.12. The zero-order valence-corrected chi connectivity index (χ0v) is 9.64. The third-order valence-corrected chi connectivity index (χ3v) is 2.43. The van der Waals surface area contributed by atoms with Crippen molar-refractivity contribution < 1.29 is 0 Å². The van der Waals surface area contributed by atoms with Crippen molar-refractivity contribution in [3.8, 4) is 0 Å². The Balaban J connectivity index is 2.66. The van der Waals surface area contributed by atoms with Crippen molar-refractivity contribution in [2.45, 2.75) is 25.9 Å². The van der Waals surface area contributed by atoms with E-state index in [1.165, 1.54) is 5.56 Å². The van der Waals surface area contributed by atoms with Crippen LogP contribution in [0.5, 0.6) is 0 Å². The van der Waals surface area contributed by atoms with E-state index in [1.807, 2.05) is 0 Å². The summed E-state index contributed by atoms with van der Waals surface area (Å²) >= 11 is 3.41. The van der Waals surface area contributed by atoms with Gasteiger partial charge in [-0.25, -0.2) is 0 Å². The molecular weight excluding hydrogens is 226 g/mol. The molecule has 1 nitrogen and oxygen atoms in total. The van der Waals surface area contributed by atoms with Crippen LogP contribution >= 0.6 is 15.9 Å². The van der Waals surface area contributed by atoms with E-state index < -0.39 is 0 Å². The van der Waals surface area contributed by atoms with E-state index in [4.69, 9.17) is 0 Å². The first kappa shape index (κ1) is 10.7. The van der Waals surface area contributed by atoms with Crippen LogP contribution in [0.4, 0.5) is 0 Å². The third-order valence-electron chi connectivity index (χ3n) is 1.90. The molecule has 0 spiro atoms. The summed E-state index contributed by atoms with van der Waals surface area (Å²) in [5, 5.41) is 3.35. The lowest BCUT2D eigenvalue weighted by molar-refractivity contribution is 0.534. The maximum absolute atomic E-state index is 3.90. The van der Waals surface area contributed by atoms with Crippen molar-refractivity contribution in [1.82, 2.24) is 5.32 Å². The first-order valence-electron chi connectivity index (χ1n) is 4.44. The lowest BCUT2D eigenvalue weighted by Crippen LogP contribution is -2.26. The average molecular weight is 241 g/mol. The number of hydrogen-bond acceptors (Lipinski definition) is 1. The summed E-state index contributed by atoms with van der Waals surface area (Å²) in [6.07, 6.45) is 0. The summed E-state index contributed by atoms with van der Waals surface area (Å²) in [4.78, 5) is 0. The molecule has 13 heavy (non-hydrogen) atoms. The predicted octanol–water partition coefficient (Wildman–Crippen LogP) is 3.32. The second kappa shape index (κ2) is 4.77. The molecule has 2 heteroatoms. The number of rotatable bonds is 3. The molecule has 0 bridgehead atoms. The minimum Gasteiger partial charge on any atom is -0.308 e. The topological polar surface area (TPSA) is 12.0 Å². The van der Waals surface area contributed by atoms with Crippen LogP contribution in [0.3, 0.4) is 0 Å². The van der Waals surface area contributed by atoms with Crippen LogP contribution in [0, 0.1) is 6.92 Å². The molecule has 0 saturated heterocycles. The second-order valence-corrected chi connectivity index (χ2v) is 4.26. The fraction of sp³-hybridized carbons (Fsp3) is 0.364. The fourth-order valence-electron chi connectivity index (χ4n) is 1.27. The van der Waals surface area contributed by atoms with Gasteiger partial charge in [0.1, 0.15) is 0 Å². The Labute approximate surface area is 88.7 Å². The molecule has 71 valence electrons. The van der Waals surface area contributed by atoms with Gasteiger partial charge < -0.3 is 5.32 Å². The van der Waals surface area contributed by atoms with Gasteiger partial charge in [-0.2, -0.15) is 0 Å². The maximum atomic E-state index is 3.90. The van der Waals surface area contributed by atoms with E-state index in [2.05, 4.69) is 66.3 Å². The normalized spacial score (nSPS) is 13.3. The summed E-state index contributed by atoms with van der Waals surface area (Å²) in [5.74, 6) is 0. The van der Waals surface area contributed by atoms with Crippen molar-refractivity contribution in [1.29, 1.82) is 0 Å². The maximum Gasteiger partial charge on any atom is 0.0294 e. The van der Waals surface area contributed by atoms with E-state index in [9.17, 15) is 0 Å². The average Bonchev–Trinajstić information content (AvgIpc) is 2.04. The Bertz CT molecular complexity index is 253. The Kier molecular flexibility index (Phi) is 3.94. The Morgan fingerprint density at radius 3 is 2.23 bits per heavy atom. The minimum absolute atomic E-state index is 0.277. The molecule has 0 aliphatic rings. The molecule has 1 radical (unpaired) electrons. The Morgan fingerprint density at radius 1 is 1.23 bits per heavy atom. The number of benzene rings is 1. The summed E-state index contributed by atoms with van der Waals surface area (Å²) in [5.41, 5.74) is 1.29. The van der Waals surface area contributed by atoms with Gasteiger partial charge in [-0.05, 0) is 38.5 Å². The SMILES string of the molecule is [CH2]C(C)N[C@@H](C)c1ccc(Br)cc1. The van der Waals surface area contributed by atoms with Gasteiger partial charge in [0.05, 0.1) is 0 Å². The van der Waals surface area contributed by atoms with Crippen LogP contribution in [-0.4, -0.2) is 6.04 Å². The molecule has 1 unspecified atom stereocenters. The number of nitrogens with one attached hydrogen (secondary N) is 1. The van der Waals surface area contributed by atoms with Crippen molar-refractivity contribution in [3.05, 3.63) is 41.2 Å². The summed E-state index contributed by atoms with van der Waals surface area (Å²) in [6.45, 7) is 8.10. The van der Waals surface area contributed by atoms with Gasteiger partial charge in [0, 0.05) is 16.6 Å². The lowest BCUT2D eigenvalue weighted by atomic mass is 10.1. The van der Waals surface area contributed by atoms with Crippen molar-refractivity contribution in [2.75, 3.05) is 0 Å². The van der Waals surface area contributed by atoms with Crippen LogP contribution in [-0.2, 0) is 0 Å². The molecule has 1 N–H and O–H groups in total. The van der Waals surface area contributed by atoms with Gasteiger partial charge in [-0.1, -0.05) is 28.1 Å². The zero-order chi connectivity index (χ0) is 9.84. The quantitative estimate of drug-likeness (QED) is 0.855. The minimum atomic E-state index is 0.277. The standard InChI is InChI=1S/C11H15BrN/c1-8(2)13-9(3)10-4-6-11(12)7-5-10/h4-9,13H,1H2,2-3H3/t8?,9-/m0/s1. The van der Waals surface area contributed by atoms with Gasteiger partial charge in [-0.3, -0.25) is 0 Å². The van der Waals surface area contributed by atoms with Crippen LogP contribution in [0.2, 0.25) is 0 Å². The van der Waals surface area contributed by atoms with Crippen LogP contribution in [0.1, 0.15) is 25.5 Å². The van der Waals surface area contributed by atoms with E-state index in [0.29, 0.717) is 6.04 Å². The van der Waals surface area contributed by atoms with Crippen LogP contribution in [0.15, 0.2) is 28.7 Å². The van der Waals surface area contributed by atoms with Gasteiger partial charge in [0.15, 0.2) is 0 Å². The zero-order valence-electron chi connectivity index (χ0n) is 8.05. The van der Waals surface area contributed by atoms with E-state index >= 15 is 0 Å².